The summed E-state index contributed by atoms with van der Waals surface area (Å²) in [6.45, 7) is 0.984. The third-order valence-electron chi connectivity index (χ3n) is 4.16. The van der Waals surface area contributed by atoms with Crippen LogP contribution >= 0.6 is 23.2 Å². The highest BCUT2D eigenvalue weighted by Crippen LogP contribution is 2.62. The number of aliphatic carboxylic acids is 1. The maximum atomic E-state index is 12.6. The average molecular weight is 300 g/mol. The summed E-state index contributed by atoms with van der Waals surface area (Å²) in [5.74, 6) is -1.77. The fourth-order valence-electron chi connectivity index (χ4n) is 3.18. The molecule has 0 aromatic heterocycles. The Kier molecular flexibility index (Phi) is 2.85. The SMILES string of the molecule is O=C(O)C1C2CNCC21C(=O)c1ccc(Cl)c(Cl)c1. The number of fused-ring (bicyclic) bond motifs is 1. The van der Waals surface area contributed by atoms with Crippen LogP contribution in [0.4, 0.5) is 0 Å². The summed E-state index contributed by atoms with van der Waals surface area (Å²) in [5.41, 5.74) is -0.380. The van der Waals surface area contributed by atoms with Gasteiger partial charge in [0.1, 0.15) is 0 Å². The van der Waals surface area contributed by atoms with Gasteiger partial charge in [-0.15, -0.1) is 0 Å². The summed E-state index contributed by atoms with van der Waals surface area (Å²) in [4.78, 5) is 23.8. The molecule has 1 saturated carbocycles. The Morgan fingerprint density at radius 2 is 2.05 bits per heavy atom. The van der Waals surface area contributed by atoms with E-state index in [0.29, 0.717) is 28.7 Å². The van der Waals surface area contributed by atoms with E-state index < -0.39 is 17.3 Å². The molecule has 2 aliphatic rings. The number of Topliss-reactive ketones (excluding diaryl/α,β-unsaturated/α-hetero) is 1. The number of nitrogens with one attached hydrogen (secondary N) is 1. The van der Waals surface area contributed by atoms with E-state index in [1.54, 1.807) is 12.1 Å². The lowest BCUT2D eigenvalue weighted by atomic mass is 9.92. The molecule has 1 aromatic carbocycles. The van der Waals surface area contributed by atoms with Crippen molar-refractivity contribution in [2.45, 2.75) is 0 Å². The number of rotatable bonds is 3. The summed E-state index contributed by atoms with van der Waals surface area (Å²) in [6, 6.07) is 4.66. The topological polar surface area (TPSA) is 66.4 Å². The molecule has 2 N–H and O–H groups in total. The predicted molar refractivity (Wildman–Crippen MR) is 70.7 cm³/mol. The first-order valence-corrected chi connectivity index (χ1v) is 6.67. The average Bonchev–Trinajstić information content (AvgIpc) is 2.83. The van der Waals surface area contributed by atoms with Gasteiger partial charge in [0.05, 0.1) is 21.4 Å². The van der Waals surface area contributed by atoms with E-state index in [9.17, 15) is 14.7 Å². The first kappa shape index (κ1) is 12.9. The second kappa shape index (κ2) is 4.20. The van der Waals surface area contributed by atoms with Crippen LogP contribution in [0.15, 0.2) is 18.2 Å². The van der Waals surface area contributed by atoms with E-state index in [2.05, 4.69) is 5.32 Å². The standard InChI is InChI=1S/C13H11Cl2NO3/c14-8-2-1-6(3-9(8)15)11(17)13-5-16-4-7(13)10(13)12(18)19/h1-3,7,10,16H,4-5H2,(H,18,19). The van der Waals surface area contributed by atoms with E-state index in [-0.39, 0.29) is 11.7 Å². The second-order valence-electron chi connectivity index (χ2n) is 5.05. The molecule has 3 rings (SSSR count). The largest absolute Gasteiger partial charge is 0.481 e. The van der Waals surface area contributed by atoms with Gasteiger partial charge in [-0.25, -0.2) is 0 Å². The number of benzene rings is 1. The number of piperidine rings is 1. The summed E-state index contributed by atoms with van der Waals surface area (Å²) >= 11 is 11.7. The van der Waals surface area contributed by atoms with Crippen LogP contribution in [-0.4, -0.2) is 29.9 Å². The normalized spacial score (nSPS) is 31.9. The number of ketones is 1. The molecule has 1 aromatic rings. The van der Waals surface area contributed by atoms with Gasteiger partial charge in [-0.3, -0.25) is 9.59 Å². The molecule has 1 heterocycles. The van der Waals surface area contributed by atoms with Crippen molar-refractivity contribution in [3.63, 3.8) is 0 Å². The lowest BCUT2D eigenvalue weighted by Crippen LogP contribution is -2.30. The second-order valence-corrected chi connectivity index (χ2v) is 5.87. The quantitative estimate of drug-likeness (QED) is 0.839. The number of carbonyl (C=O) groups excluding carboxylic acids is 1. The molecule has 0 radical (unpaired) electrons. The number of carboxylic acid groups (broad SMARTS) is 1. The van der Waals surface area contributed by atoms with Crippen molar-refractivity contribution >= 4 is 35.0 Å². The third kappa shape index (κ3) is 1.71. The van der Waals surface area contributed by atoms with Crippen LogP contribution in [0, 0.1) is 17.3 Å². The zero-order chi connectivity index (χ0) is 13.8. The van der Waals surface area contributed by atoms with Gasteiger partial charge in [0, 0.05) is 18.0 Å². The molecular weight excluding hydrogens is 289 g/mol. The van der Waals surface area contributed by atoms with Gasteiger partial charge in [0.25, 0.3) is 0 Å². The summed E-state index contributed by atoms with van der Waals surface area (Å²) in [6.07, 6.45) is 0. The molecule has 0 bridgehead atoms. The maximum absolute atomic E-state index is 12.6. The molecule has 1 aliphatic heterocycles. The van der Waals surface area contributed by atoms with Crippen molar-refractivity contribution < 1.29 is 14.7 Å². The Hall–Kier alpha value is -1.10. The number of hydrogen-bond donors (Lipinski definition) is 2. The molecule has 0 amide bonds. The molecular formula is C13H11Cl2NO3. The van der Waals surface area contributed by atoms with E-state index in [0.717, 1.165) is 0 Å². The molecule has 1 aliphatic carbocycles. The molecule has 1 saturated heterocycles. The lowest BCUT2D eigenvalue weighted by Gasteiger charge is -2.13. The zero-order valence-electron chi connectivity index (χ0n) is 9.82. The first-order valence-electron chi connectivity index (χ1n) is 5.92. The van der Waals surface area contributed by atoms with Crippen molar-refractivity contribution in [1.29, 1.82) is 0 Å². The number of halogens is 2. The van der Waals surface area contributed by atoms with Crippen LogP contribution in [0.25, 0.3) is 0 Å². The third-order valence-corrected chi connectivity index (χ3v) is 4.90. The van der Waals surface area contributed by atoms with Crippen LogP contribution in [0.1, 0.15) is 10.4 Å². The van der Waals surface area contributed by atoms with E-state index in [4.69, 9.17) is 23.2 Å². The Balaban J connectivity index is 1.96. The van der Waals surface area contributed by atoms with Crippen molar-refractivity contribution in [2.24, 2.45) is 17.3 Å². The molecule has 0 spiro atoms. The molecule has 3 atom stereocenters. The fraction of sp³-hybridized carbons (Fsp3) is 0.385. The number of carbonyl (C=O) groups is 2. The molecule has 19 heavy (non-hydrogen) atoms. The minimum atomic E-state index is -0.903. The van der Waals surface area contributed by atoms with Crippen LogP contribution in [0.5, 0.6) is 0 Å². The van der Waals surface area contributed by atoms with Crippen LogP contribution in [0.3, 0.4) is 0 Å². The highest BCUT2D eigenvalue weighted by molar-refractivity contribution is 6.42. The summed E-state index contributed by atoms with van der Waals surface area (Å²) < 4.78 is 0. The van der Waals surface area contributed by atoms with E-state index >= 15 is 0 Å². The molecule has 4 nitrogen and oxygen atoms in total. The van der Waals surface area contributed by atoms with Gasteiger partial charge in [-0.1, -0.05) is 23.2 Å². The number of carboxylic acids is 1. The number of hydrogen-bond acceptors (Lipinski definition) is 3. The highest BCUT2D eigenvalue weighted by atomic mass is 35.5. The van der Waals surface area contributed by atoms with Crippen LogP contribution in [-0.2, 0) is 4.79 Å². The van der Waals surface area contributed by atoms with Gasteiger partial charge in [-0.05, 0) is 24.7 Å². The Bertz CT molecular complexity index is 589. The van der Waals surface area contributed by atoms with Crippen molar-refractivity contribution in [2.75, 3.05) is 13.1 Å². The highest BCUT2D eigenvalue weighted by Gasteiger charge is 2.74. The van der Waals surface area contributed by atoms with Crippen molar-refractivity contribution in [3.8, 4) is 0 Å². The Labute approximate surface area is 119 Å². The predicted octanol–water partition coefficient (Wildman–Crippen LogP) is 2.10. The fourth-order valence-corrected chi connectivity index (χ4v) is 3.48. The smallest absolute Gasteiger partial charge is 0.307 e. The molecule has 2 fully saturated rings. The van der Waals surface area contributed by atoms with Crippen LogP contribution < -0.4 is 5.32 Å². The van der Waals surface area contributed by atoms with Gasteiger partial charge in [-0.2, -0.15) is 0 Å². The Morgan fingerprint density at radius 3 is 2.63 bits per heavy atom. The molecule has 6 heteroatoms. The summed E-state index contributed by atoms with van der Waals surface area (Å²) in [7, 11) is 0. The first-order chi connectivity index (χ1) is 8.98. The van der Waals surface area contributed by atoms with E-state index in [1.165, 1.54) is 6.07 Å². The monoisotopic (exact) mass is 299 g/mol. The van der Waals surface area contributed by atoms with Gasteiger partial charge < -0.3 is 10.4 Å². The van der Waals surface area contributed by atoms with Crippen LogP contribution in [0.2, 0.25) is 10.0 Å². The zero-order valence-corrected chi connectivity index (χ0v) is 11.3. The van der Waals surface area contributed by atoms with Gasteiger partial charge in [0.2, 0.25) is 0 Å². The minimum Gasteiger partial charge on any atom is -0.481 e. The molecule has 100 valence electrons. The lowest BCUT2D eigenvalue weighted by molar-refractivity contribution is -0.139. The van der Waals surface area contributed by atoms with Crippen molar-refractivity contribution in [3.05, 3.63) is 33.8 Å². The Morgan fingerprint density at radius 1 is 1.32 bits per heavy atom. The van der Waals surface area contributed by atoms with Gasteiger partial charge in [0.15, 0.2) is 5.78 Å². The minimum absolute atomic E-state index is 0.119. The van der Waals surface area contributed by atoms with Crippen molar-refractivity contribution in [1.82, 2.24) is 5.32 Å². The summed E-state index contributed by atoms with van der Waals surface area (Å²) in [5, 5.41) is 13.0. The van der Waals surface area contributed by atoms with Gasteiger partial charge >= 0.3 is 5.97 Å². The molecule has 3 unspecified atom stereocenters. The maximum Gasteiger partial charge on any atom is 0.307 e. The van der Waals surface area contributed by atoms with E-state index in [1.807, 2.05) is 0 Å².